The van der Waals surface area contributed by atoms with Gasteiger partial charge in [0.15, 0.2) is 0 Å². The molecule has 1 heterocycles. The second-order valence-corrected chi connectivity index (χ2v) is 5.70. The quantitative estimate of drug-likeness (QED) is 0.756. The van der Waals surface area contributed by atoms with Crippen LogP contribution in [0.4, 0.5) is 0 Å². The van der Waals surface area contributed by atoms with Crippen LogP contribution in [0.15, 0.2) is 42.5 Å². The highest BCUT2D eigenvalue weighted by Gasteiger charge is 2.11. The first-order chi connectivity index (χ1) is 11.6. The maximum Gasteiger partial charge on any atom is 0.269 e. The van der Waals surface area contributed by atoms with Crippen molar-refractivity contribution in [2.45, 2.75) is 33.2 Å². The number of aromatic nitrogens is 2. The largest absolute Gasteiger partial charge is 0.490 e. The number of hydrogen-bond acceptors (Lipinski definition) is 3. The molecule has 0 radical (unpaired) electrons. The number of nitrogens with one attached hydrogen (secondary N) is 1. The van der Waals surface area contributed by atoms with Crippen LogP contribution in [0.1, 0.15) is 41.5 Å². The first-order valence-corrected chi connectivity index (χ1v) is 8.25. The molecule has 0 aliphatic carbocycles. The van der Waals surface area contributed by atoms with Gasteiger partial charge in [-0.2, -0.15) is 5.10 Å². The third-order valence-electron chi connectivity index (χ3n) is 3.55. The standard InChI is InChI=1S/C19H25N3O2/c1-4-5-6-7-11-24-17-10-8-9-16(13-17)14-20-19(23)18-12-15(2)21-22(18)3/h6-10,12-13H,4-5,11,14H2,1-3H3,(H,20,23). The zero-order chi connectivity index (χ0) is 17.4. The molecule has 1 N–H and O–H groups in total. The van der Waals surface area contributed by atoms with E-state index in [1.807, 2.05) is 37.3 Å². The van der Waals surface area contributed by atoms with Crippen molar-refractivity contribution in [3.63, 3.8) is 0 Å². The van der Waals surface area contributed by atoms with Crippen LogP contribution in [-0.4, -0.2) is 22.3 Å². The lowest BCUT2D eigenvalue weighted by Crippen LogP contribution is -2.25. The fourth-order valence-corrected chi connectivity index (χ4v) is 2.34. The van der Waals surface area contributed by atoms with E-state index in [2.05, 4.69) is 23.4 Å². The van der Waals surface area contributed by atoms with Crippen molar-refractivity contribution in [3.8, 4) is 5.75 Å². The number of amides is 1. The topological polar surface area (TPSA) is 56.1 Å². The summed E-state index contributed by atoms with van der Waals surface area (Å²) < 4.78 is 7.28. The SMILES string of the molecule is CCCC=CCOc1cccc(CNC(=O)c2cc(C)nn2C)c1. The molecule has 0 fully saturated rings. The molecule has 5 heteroatoms. The normalized spacial score (nSPS) is 11.0. The first-order valence-electron chi connectivity index (χ1n) is 8.25. The van der Waals surface area contributed by atoms with Gasteiger partial charge in [-0.1, -0.05) is 37.6 Å². The van der Waals surface area contributed by atoms with Gasteiger partial charge >= 0.3 is 0 Å². The molecule has 2 aromatic rings. The highest BCUT2D eigenvalue weighted by molar-refractivity contribution is 5.92. The number of carbonyl (C=O) groups is 1. The third kappa shape index (κ3) is 5.26. The Hall–Kier alpha value is -2.56. The summed E-state index contributed by atoms with van der Waals surface area (Å²) in [6.07, 6.45) is 6.37. The van der Waals surface area contributed by atoms with Crippen molar-refractivity contribution in [2.24, 2.45) is 7.05 Å². The molecule has 0 saturated heterocycles. The number of rotatable bonds is 8. The van der Waals surface area contributed by atoms with Crippen LogP contribution in [0.25, 0.3) is 0 Å². The average molecular weight is 327 g/mol. The lowest BCUT2D eigenvalue weighted by molar-refractivity contribution is 0.0941. The van der Waals surface area contributed by atoms with Gasteiger partial charge < -0.3 is 10.1 Å². The van der Waals surface area contributed by atoms with Gasteiger partial charge in [0.1, 0.15) is 18.1 Å². The smallest absolute Gasteiger partial charge is 0.269 e. The minimum absolute atomic E-state index is 0.132. The molecule has 1 amide bonds. The van der Waals surface area contributed by atoms with Crippen LogP contribution < -0.4 is 10.1 Å². The Labute approximate surface area is 143 Å². The van der Waals surface area contributed by atoms with Gasteiger partial charge in [0, 0.05) is 13.6 Å². The predicted octanol–water partition coefficient (Wildman–Crippen LogP) is 3.39. The first kappa shape index (κ1) is 17.8. The van der Waals surface area contributed by atoms with Gasteiger partial charge in [0.2, 0.25) is 0 Å². The van der Waals surface area contributed by atoms with Crippen LogP contribution in [0.3, 0.4) is 0 Å². The summed E-state index contributed by atoms with van der Waals surface area (Å²) in [6, 6.07) is 9.54. The lowest BCUT2D eigenvalue weighted by atomic mass is 10.2. The van der Waals surface area contributed by atoms with E-state index in [0.29, 0.717) is 18.8 Å². The predicted molar refractivity (Wildman–Crippen MR) is 95.1 cm³/mol. The van der Waals surface area contributed by atoms with E-state index in [-0.39, 0.29) is 5.91 Å². The molecule has 0 spiro atoms. The zero-order valence-corrected chi connectivity index (χ0v) is 14.6. The number of allylic oxidation sites excluding steroid dienone is 1. The Morgan fingerprint density at radius 3 is 2.88 bits per heavy atom. The lowest BCUT2D eigenvalue weighted by Gasteiger charge is -2.08. The summed E-state index contributed by atoms with van der Waals surface area (Å²) in [6.45, 7) is 5.03. The van der Waals surface area contributed by atoms with Crippen LogP contribution >= 0.6 is 0 Å². The Bertz CT molecular complexity index is 704. The second-order valence-electron chi connectivity index (χ2n) is 5.70. The minimum Gasteiger partial charge on any atom is -0.490 e. The Balaban J connectivity index is 1.87. The number of nitrogens with zero attached hydrogens (tertiary/aromatic N) is 2. The van der Waals surface area contributed by atoms with Gasteiger partial charge in [-0.3, -0.25) is 9.48 Å². The van der Waals surface area contributed by atoms with E-state index in [0.717, 1.165) is 29.8 Å². The fraction of sp³-hybridized carbons (Fsp3) is 0.368. The minimum atomic E-state index is -0.132. The third-order valence-corrected chi connectivity index (χ3v) is 3.55. The Morgan fingerprint density at radius 1 is 1.33 bits per heavy atom. The Kier molecular flexibility index (Phi) is 6.61. The average Bonchev–Trinajstić information content (AvgIpc) is 2.91. The molecule has 0 atom stereocenters. The van der Waals surface area contributed by atoms with Crippen molar-refractivity contribution in [2.75, 3.05) is 6.61 Å². The molecule has 24 heavy (non-hydrogen) atoms. The van der Waals surface area contributed by atoms with Crippen LogP contribution in [-0.2, 0) is 13.6 Å². The molecular formula is C19H25N3O2. The summed E-state index contributed by atoms with van der Waals surface area (Å²) in [4.78, 5) is 12.2. The second kappa shape index (κ2) is 8.91. The van der Waals surface area contributed by atoms with Crippen LogP contribution in [0.2, 0.25) is 0 Å². The fourth-order valence-electron chi connectivity index (χ4n) is 2.34. The van der Waals surface area contributed by atoms with E-state index in [9.17, 15) is 4.79 Å². The molecular weight excluding hydrogens is 302 g/mol. The number of hydrogen-bond donors (Lipinski definition) is 1. The molecule has 0 aliphatic rings. The van der Waals surface area contributed by atoms with Gasteiger partial charge in [0.25, 0.3) is 5.91 Å². The molecule has 0 saturated carbocycles. The maximum absolute atomic E-state index is 12.2. The molecule has 128 valence electrons. The number of unbranched alkanes of at least 4 members (excludes halogenated alkanes) is 1. The molecule has 0 aliphatic heterocycles. The highest BCUT2D eigenvalue weighted by Crippen LogP contribution is 2.13. The summed E-state index contributed by atoms with van der Waals surface area (Å²) in [7, 11) is 1.77. The van der Waals surface area contributed by atoms with Crippen molar-refractivity contribution >= 4 is 5.91 Å². The van der Waals surface area contributed by atoms with Crippen molar-refractivity contribution in [1.29, 1.82) is 0 Å². The zero-order valence-electron chi connectivity index (χ0n) is 14.6. The van der Waals surface area contributed by atoms with E-state index in [4.69, 9.17) is 4.74 Å². The summed E-state index contributed by atoms with van der Waals surface area (Å²) in [5, 5.41) is 7.10. The number of aryl methyl sites for hydroxylation is 2. The summed E-state index contributed by atoms with van der Waals surface area (Å²) >= 11 is 0. The van der Waals surface area contributed by atoms with Gasteiger partial charge in [-0.05, 0) is 37.1 Å². The van der Waals surface area contributed by atoms with Crippen molar-refractivity contribution in [3.05, 3.63) is 59.4 Å². The van der Waals surface area contributed by atoms with Gasteiger partial charge in [-0.15, -0.1) is 0 Å². The van der Waals surface area contributed by atoms with E-state index in [1.54, 1.807) is 17.8 Å². The van der Waals surface area contributed by atoms with Crippen molar-refractivity contribution in [1.82, 2.24) is 15.1 Å². The molecule has 2 rings (SSSR count). The molecule has 5 nitrogen and oxygen atoms in total. The van der Waals surface area contributed by atoms with Crippen LogP contribution in [0.5, 0.6) is 5.75 Å². The molecule has 1 aromatic heterocycles. The van der Waals surface area contributed by atoms with Crippen LogP contribution in [0, 0.1) is 6.92 Å². The summed E-state index contributed by atoms with van der Waals surface area (Å²) in [5.74, 6) is 0.672. The highest BCUT2D eigenvalue weighted by atomic mass is 16.5. The molecule has 0 unspecified atom stereocenters. The van der Waals surface area contributed by atoms with Gasteiger partial charge in [-0.25, -0.2) is 0 Å². The molecule has 1 aromatic carbocycles. The monoisotopic (exact) mass is 327 g/mol. The number of ether oxygens (including phenoxy) is 1. The Morgan fingerprint density at radius 2 is 2.17 bits per heavy atom. The van der Waals surface area contributed by atoms with E-state index in [1.165, 1.54) is 0 Å². The molecule has 0 bridgehead atoms. The summed E-state index contributed by atoms with van der Waals surface area (Å²) in [5.41, 5.74) is 2.38. The van der Waals surface area contributed by atoms with Gasteiger partial charge in [0.05, 0.1) is 5.69 Å². The number of carbonyl (C=O) groups excluding carboxylic acids is 1. The van der Waals surface area contributed by atoms with E-state index < -0.39 is 0 Å². The maximum atomic E-state index is 12.2. The number of benzene rings is 1. The van der Waals surface area contributed by atoms with E-state index >= 15 is 0 Å². The van der Waals surface area contributed by atoms with Crippen molar-refractivity contribution < 1.29 is 9.53 Å².